The Balaban J connectivity index is 1.54. The summed E-state index contributed by atoms with van der Waals surface area (Å²) < 4.78 is 15.7. The Bertz CT molecular complexity index is 953. The molecular weight excluding hydrogens is 360 g/mol. The number of carbonyl (C=O) groups excluding carboxylic acids is 1. The van der Waals surface area contributed by atoms with Crippen molar-refractivity contribution < 1.29 is 18.8 Å². The number of ether oxygens (including phenoxy) is 2. The van der Waals surface area contributed by atoms with Gasteiger partial charge in [-0.2, -0.15) is 4.98 Å². The molecule has 0 unspecified atom stereocenters. The van der Waals surface area contributed by atoms with E-state index in [0.717, 1.165) is 24.2 Å². The van der Waals surface area contributed by atoms with Crippen LogP contribution in [-0.4, -0.2) is 46.7 Å². The molecule has 1 fully saturated rings. The molecule has 1 amide bonds. The number of nitrogens with zero attached hydrogens (tertiary/aromatic N) is 4. The lowest BCUT2D eigenvalue weighted by Gasteiger charge is -2.21. The van der Waals surface area contributed by atoms with E-state index in [4.69, 9.17) is 14.0 Å². The van der Waals surface area contributed by atoms with E-state index in [9.17, 15) is 4.79 Å². The van der Waals surface area contributed by atoms with Crippen molar-refractivity contribution in [3.05, 3.63) is 54.0 Å². The quantitative estimate of drug-likeness (QED) is 0.671. The zero-order chi connectivity index (χ0) is 19.5. The molecule has 1 aliphatic heterocycles. The third-order valence-corrected chi connectivity index (χ3v) is 4.78. The molecule has 4 rings (SSSR count). The summed E-state index contributed by atoms with van der Waals surface area (Å²) in [6.07, 6.45) is 3.17. The Morgan fingerprint density at radius 2 is 1.96 bits per heavy atom. The van der Waals surface area contributed by atoms with Crippen LogP contribution in [0.25, 0.3) is 11.4 Å². The summed E-state index contributed by atoms with van der Waals surface area (Å²) in [5.41, 5.74) is 1.33. The fourth-order valence-electron chi connectivity index (χ4n) is 3.29. The molecule has 3 heterocycles. The highest BCUT2D eigenvalue weighted by atomic mass is 16.5. The lowest BCUT2D eigenvalue weighted by molar-refractivity contribution is 0.0709. The maximum absolute atomic E-state index is 12.9. The molecule has 1 aromatic carbocycles. The molecule has 3 aromatic rings. The molecule has 144 valence electrons. The second-order valence-corrected chi connectivity index (χ2v) is 6.43. The van der Waals surface area contributed by atoms with Crippen LogP contribution in [0, 0.1) is 0 Å². The second-order valence-electron chi connectivity index (χ2n) is 6.43. The van der Waals surface area contributed by atoms with E-state index in [1.807, 2.05) is 24.3 Å². The summed E-state index contributed by atoms with van der Waals surface area (Å²) in [6, 6.07) is 10.6. The molecule has 28 heavy (non-hydrogen) atoms. The van der Waals surface area contributed by atoms with E-state index in [2.05, 4.69) is 15.1 Å². The minimum absolute atomic E-state index is 0.109. The lowest BCUT2D eigenvalue weighted by atomic mass is 10.2. The Kier molecular flexibility index (Phi) is 4.92. The van der Waals surface area contributed by atoms with Crippen LogP contribution in [0.15, 0.2) is 47.1 Å². The predicted molar refractivity (Wildman–Crippen MR) is 100 cm³/mol. The molecule has 2 aromatic heterocycles. The van der Waals surface area contributed by atoms with Gasteiger partial charge in [-0.25, -0.2) is 4.98 Å². The maximum atomic E-state index is 12.9. The van der Waals surface area contributed by atoms with Gasteiger partial charge in [-0.05, 0) is 43.2 Å². The monoisotopic (exact) mass is 380 g/mol. The largest absolute Gasteiger partial charge is 0.497 e. The number of likely N-dealkylation sites (tertiary alicyclic amines) is 1. The van der Waals surface area contributed by atoms with Crippen molar-refractivity contribution in [1.29, 1.82) is 0 Å². The number of aromatic nitrogens is 3. The van der Waals surface area contributed by atoms with Gasteiger partial charge in [0.15, 0.2) is 0 Å². The Morgan fingerprint density at radius 3 is 2.64 bits per heavy atom. The molecule has 0 spiro atoms. The zero-order valence-electron chi connectivity index (χ0n) is 15.7. The predicted octanol–water partition coefficient (Wildman–Crippen LogP) is 3.13. The van der Waals surface area contributed by atoms with E-state index >= 15 is 0 Å². The van der Waals surface area contributed by atoms with Gasteiger partial charge in [-0.15, -0.1) is 0 Å². The van der Waals surface area contributed by atoms with Crippen molar-refractivity contribution in [2.24, 2.45) is 0 Å². The molecule has 0 aliphatic carbocycles. The highest BCUT2D eigenvalue weighted by molar-refractivity contribution is 5.94. The van der Waals surface area contributed by atoms with E-state index in [1.54, 1.807) is 24.1 Å². The van der Waals surface area contributed by atoms with Gasteiger partial charge in [-0.1, -0.05) is 5.16 Å². The van der Waals surface area contributed by atoms with Gasteiger partial charge in [0.05, 0.1) is 19.8 Å². The normalized spacial score (nSPS) is 16.2. The fourth-order valence-corrected chi connectivity index (χ4v) is 3.29. The lowest BCUT2D eigenvalue weighted by Crippen LogP contribution is -2.30. The van der Waals surface area contributed by atoms with E-state index in [1.165, 1.54) is 13.3 Å². The Hall–Kier alpha value is -3.42. The zero-order valence-corrected chi connectivity index (χ0v) is 15.7. The maximum Gasteiger partial charge on any atom is 0.256 e. The number of hydrogen-bond acceptors (Lipinski definition) is 7. The molecule has 1 aliphatic rings. The highest BCUT2D eigenvalue weighted by Gasteiger charge is 2.34. The summed E-state index contributed by atoms with van der Waals surface area (Å²) >= 11 is 0. The summed E-state index contributed by atoms with van der Waals surface area (Å²) in [5, 5.41) is 4.08. The summed E-state index contributed by atoms with van der Waals surface area (Å²) in [6.45, 7) is 0.635. The van der Waals surface area contributed by atoms with Crippen LogP contribution in [0.3, 0.4) is 0 Å². The number of pyridine rings is 1. The number of carbonyl (C=O) groups is 1. The number of rotatable bonds is 5. The minimum Gasteiger partial charge on any atom is -0.497 e. The van der Waals surface area contributed by atoms with Gasteiger partial charge < -0.3 is 18.9 Å². The second kappa shape index (κ2) is 7.67. The minimum atomic E-state index is -0.242. The first-order valence-electron chi connectivity index (χ1n) is 8.98. The van der Waals surface area contributed by atoms with Crippen molar-refractivity contribution in [1.82, 2.24) is 20.0 Å². The number of methoxy groups -OCH3 is 2. The summed E-state index contributed by atoms with van der Waals surface area (Å²) in [5.74, 6) is 2.05. The van der Waals surface area contributed by atoms with E-state index in [0.29, 0.717) is 29.7 Å². The van der Waals surface area contributed by atoms with E-state index in [-0.39, 0.29) is 11.9 Å². The molecule has 0 N–H and O–H groups in total. The molecule has 8 heteroatoms. The van der Waals surface area contributed by atoms with Gasteiger partial charge in [0, 0.05) is 24.4 Å². The van der Waals surface area contributed by atoms with Crippen LogP contribution >= 0.6 is 0 Å². The van der Waals surface area contributed by atoms with Crippen LogP contribution in [0.2, 0.25) is 0 Å². The number of benzene rings is 1. The standard InChI is InChI=1S/C20H20N4O4/c1-26-15-8-5-13(6-9-15)18-22-19(28-23-18)16-4-3-11-24(16)20(25)14-7-10-17(27-2)21-12-14/h5-10,12,16H,3-4,11H2,1-2H3/t16-/m1/s1. The smallest absolute Gasteiger partial charge is 0.256 e. The molecule has 1 atom stereocenters. The van der Waals surface area contributed by atoms with Gasteiger partial charge in [0.2, 0.25) is 17.6 Å². The summed E-state index contributed by atoms with van der Waals surface area (Å²) in [4.78, 5) is 23.3. The van der Waals surface area contributed by atoms with Crippen LogP contribution in [-0.2, 0) is 0 Å². The average Bonchev–Trinajstić information content (AvgIpc) is 3.43. The van der Waals surface area contributed by atoms with Crippen molar-refractivity contribution in [3.8, 4) is 23.0 Å². The van der Waals surface area contributed by atoms with Crippen molar-refractivity contribution in [2.75, 3.05) is 20.8 Å². The first kappa shape index (κ1) is 18.0. The molecule has 1 saturated heterocycles. The van der Waals surface area contributed by atoms with Crippen LogP contribution < -0.4 is 9.47 Å². The highest BCUT2D eigenvalue weighted by Crippen LogP contribution is 2.33. The molecular formula is C20H20N4O4. The van der Waals surface area contributed by atoms with Crippen LogP contribution in [0.5, 0.6) is 11.6 Å². The summed E-state index contributed by atoms with van der Waals surface area (Å²) in [7, 11) is 3.15. The van der Waals surface area contributed by atoms with Gasteiger partial charge in [0.1, 0.15) is 11.8 Å². The molecule has 0 radical (unpaired) electrons. The average molecular weight is 380 g/mol. The Morgan fingerprint density at radius 1 is 1.14 bits per heavy atom. The van der Waals surface area contributed by atoms with Gasteiger partial charge in [-0.3, -0.25) is 4.79 Å². The van der Waals surface area contributed by atoms with Crippen LogP contribution in [0.1, 0.15) is 35.1 Å². The third kappa shape index (κ3) is 3.40. The third-order valence-electron chi connectivity index (χ3n) is 4.78. The topological polar surface area (TPSA) is 90.6 Å². The van der Waals surface area contributed by atoms with Gasteiger partial charge >= 0.3 is 0 Å². The van der Waals surface area contributed by atoms with Crippen molar-refractivity contribution >= 4 is 5.91 Å². The molecule has 8 nitrogen and oxygen atoms in total. The van der Waals surface area contributed by atoms with Crippen molar-refractivity contribution in [3.63, 3.8) is 0 Å². The molecule has 0 saturated carbocycles. The SMILES string of the molecule is COc1ccc(-c2noc([C@H]3CCCN3C(=O)c3ccc(OC)nc3)n2)cc1. The van der Waals surface area contributed by atoms with Crippen LogP contribution in [0.4, 0.5) is 0 Å². The number of hydrogen-bond donors (Lipinski definition) is 0. The fraction of sp³-hybridized carbons (Fsp3) is 0.300. The first-order chi connectivity index (χ1) is 13.7. The van der Waals surface area contributed by atoms with Gasteiger partial charge in [0.25, 0.3) is 5.91 Å². The number of amides is 1. The van der Waals surface area contributed by atoms with E-state index < -0.39 is 0 Å². The first-order valence-corrected chi connectivity index (χ1v) is 8.98. The van der Waals surface area contributed by atoms with Crippen molar-refractivity contribution in [2.45, 2.75) is 18.9 Å². The Labute approximate surface area is 162 Å². The molecule has 0 bridgehead atoms.